The lowest BCUT2D eigenvalue weighted by Crippen LogP contribution is -2.30. The predicted molar refractivity (Wildman–Crippen MR) is 138 cm³/mol. The molecule has 1 aliphatic heterocycles. The lowest BCUT2D eigenvalue weighted by molar-refractivity contribution is 0.205. The summed E-state index contributed by atoms with van der Waals surface area (Å²) in [7, 11) is 2.18. The Labute approximate surface area is 218 Å². The summed E-state index contributed by atoms with van der Waals surface area (Å²) in [5.41, 5.74) is 1.31. The second kappa shape index (κ2) is 10.4. The van der Waals surface area contributed by atoms with Crippen LogP contribution in [0.15, 0.2) is 34.7 Å². The van der Waals surface area contributed by atoms with Crippen LogP contribution in [-0.2, 0) is 6.54 Å². The Bertz CT molecular complexity index is 1330. The van der Waals surface area contributed by atoms with Crippen LogP contribution in [0.3, 0.4) is 0 Å². The van der Waals surface area contributed by atoms with Crippen LogP contribution >= 0.6 is 35.0 Å². The molecule has 0 spiro atoms. The van der Waals surface area contributed by atoms with Gasteiger partial charge in [-0.1, -0.05) is 37.0 Å². The van der Waals surface area contributed by atoms with Crippen molar-refractivity contribution in [3.63, 3.8) is 0 Å². The molecule has 5 rings (SSSR count). The van der Waals surface area contributed by atoms with Gasteiger partial charge in [-0.25, -0.2) is 19.6 Å². The molecule has 0 bridgehead atoms. The number of imidazole rings is 1. The van der Waals surface area contributed by atoms with Crippen LogP contribution in [0, 0.1) is 5.92 Å². The van der Waals surface area contributed by atoms with Crippen molar-refractivity contribution in [1.82, 2.24) is 44.6 Å². The maximum absolute atomic E-state index is 6.28. The van der Waals surface area contributed by atoms with E-state index in [1.165, 1.54) is 24.6 Å². The topological polar surface area (TPSA) is 90.4 Å². The predicted octanol–water partition coefficient (Wildman–Crippen LogP) is 5.12. The van der Waals surface area contributed by atoms with Crippen LogP contribution in [0.1, 0.15) is 44.9 Å². The summed E-state index contributed by atoms with van der Waals surface area (Å²) in [6, 6.07) is 3.47. The highest BCUT2D eigenvalue weighted by atomic mass is 35.5. The zero-order chi connectivity index (χ0) is 24.5. The molecule has 0 radical (unpaired) electrons. The van der Waals surface area contributed by atoms with Crippen molar-refractivity contribution in [2.45, 2.75) is 55.8 Å². The van der Waals surface area contributed by atoms with E-state index in [1.54, 1.807) is 18.3 Å². The molecule has 0 unspecified atom stereocenters. The van der Waals surface area contributed by atoms with E-state index in [2.05, 4.69) is 46.3 Å². The fraction of sp³-hybridized carbons (Fsp3) is 0.478. The molecule has 12 heteroatoms. The van der Waals surface area contributed by atoms with Crippen molar-refractivity contribution in [3.05, 3.63) is 40.4 Å². The Morgan fingerprint density at radius 2 is 1.80 bits per heavy atom. The van der Waals surface area contributed by atoms with E-state index in [-0.39, 0.29) is 5.92 Å². The van der Waals surface area contributed by atoms with Crippen LogP contribution in [0.5, 0.6) is 0 Å². The number of hydrogen-bond acceptors (Lipinski definition) is 8. The molecule has 3 aromatic heterocycles. The van der Waals surface area contributed by atoms with Gasteiger partial charge in [0.2, 0.25) is 5.16 Å². The van der Waals surface area contributed by atoms with Gasteiger partial charge in [-0.3, -0.25) is 4.57 Å². The molecule has 0 saturated carbocycles. The quantitative estimate of drug-likeness (QED) is 0.324. The first-order valence-electron chi connectivity index (χ1n) is 11.7. The van der Waals surface area contributed by atoms with Gasteiger partial charge >= 0.3 is 0 Å². The summed E-state index contributed by atoms with van der Waals surface area (Å²) in [6.45, 7) is 7.26. The summed E-state index contributed by atoms with van der Waals surface area (Å²) in [4.78, 5) is 16.7. The van der Waals surface area contributed by atoms with Gasteiger partial charge in [0.15, 0.2) is 5.82 Å². The SMILES string of the molecule is CC(C)c1nccn1-c1nc2cc(Cl)c(Cl)cc2nc1Sc1nnnn1CCC1CCN(C)CC1. The molecule has 4 heterocycles. The fourth-order valence-corrected chi connectivity index (χ4v) is 5.50. The highest BCUT2D eigenvalue weighted by molar-refractivity contribution is 7.99. The second-order valence-electron chi connectivity index (χ2n) is 9.24. The number of benzene rings is 1. The molecule has 0 aliphatic carbocycles. The van der Waals surface area contributed by atoms with Gasteiger partial charge in [-0.2, -0.15) is 0 Å². The van der Waals surface area contributed by atoms with Crippen molar-refractivity contribution < 1.29 is 0 Å². The summed E-state index contributed by atoms with van der Waals surface area (Å²) >= 11 is 13.9. The average Bonchev–Trinajstić information content (AvgIpc) is 3.49. The van der Waals surface area contributed by atoms with Gasteiger partial charge in [0.25, 0.3) is 0 Å². The fourth-order valence-electron chi connectivity index (χ4n) is 4.32. The van der Waals surface area contributed by atoms with Gasteiger partial charge in [-0.15, -0.1) is 5.10 Å². The minimum absolute atomic E-state index is 0.203. The maximum atomic E-state index is 6.28. The summed E-state index contributed by atoms with van der Waals surface area (Å²) in [5.74, 6) is 2.44. The van der Waals surface area contributed by atoms with Crippen molar-refractivity contribution in [1.29, 1.82) is 0 Å². The van der Waals surface area contributed by atoms with Crippen molar-refractivity contribution >= 4 is 46.0 Å². The van der Waals surface area contributed by atoms with Crippen LogP contribution < -0.4 is 0 Å². The molecule has 1 fully saturated rings. The number of likely N-dealkylation sites (tertiary alicyclic amines) is 1. The minimum atomic E-state index is 0.203. The van der Waals surface area contributed by atoms with E-state index >= 15 is 0 Å². The minimum Gasteiger partial charge on any atom is -0.306 e. The molecule has 1 saturated heterocycles. The molecular formula is C23H27Cl2N9S. The van der Waals surface area contributed by atoms with Gasteiger partial charge < -0.3 is 4.90 Å². The van der Waals surface area contributed by atoms with Gasteiger partial charge in [-0.05, 0) is 79.6 Å². The van der Waals surface area contributed by atoms with Crippen LogP contribution in [0.25, 0.3) is 16.9 Å². The van der Waals surface area contributed by atoms with Gasteiger partial charge in [0.05, 0.1) is 21.1 Å². The third-order valence-corrected chi connectivity index (χ3v) is 8.01. The first kappa shape index (κ1) is 24.4. The van der Waals surface area contributed by atoms with Crippen molar-refractivity contribution in [2.75, 3.05) is 20.1 Å². The number of aromatic nitrogens is 8. The van der Waals surface area contributed by atoms with E-state index in [9.17, 15) is 0 Å². The van der Waals surface area contributed by atoms with Crippen LogP contribution in [0.4, 0.5) is 0 Å². The average molecular weight is 533 g/mol. The maximum Gasteiger partial charge on any atom is 0.215 e. The molecule has 4 aromatic rings. The van der Waals surface area contributed by atoms with E-state index in [1.807, 2.05) is 15.4 Å². The van der Waals surface area contributed by atoms with Crippen LogP contribution in [-0.4, -0.2) is 64.8 Å². The standard InChI is InChI=1S/C23H27Cl2N9S/c1-14(2)20-26-7-11-33(20)21-22(28-19-13-17(25)16(24)12-18(19)27-21)35-23-29-30-31-34(23)10-6-15-4-8-32(3)9-5-15/h7,11-15H,4-6,8-10H2,1-3H3. The number of halogens is 2. The largest absolute Gasteiger partial charge is 0.306 e. The third-order valence-electron chi connectivity index (χ3n) is 6.35. The number of hydrogen-bond donors (Lipinski definition) is 0. The summed E-state index contributed by atoms with van der Waals surface area (Å²) < 4.78 is 3.83. The lowest BCUT2D eigenvalue weighted by atomic mass is 9.94. The molecule has 9 nitrogen and oxygen atoms in total. The van der Waals surface area contributed by atoms with Gasteiger partial charge in [0.1, 0.15) is 10.9 Å². The number of fused-ring (bicyclic) bond motifs is 1. The van der Waals surface area contributed by atoms with E-state index in [0.29, 0.717) is 43.0 Å². The Hall–Kier alpha value is -2.27. The number of tetrazole rings is 1. The van der Waals surface area contributed by atoms with Crippen molar-refractivity contribution in [2.24, 2.45) is 5.92 Å². The molecule has 1 aromatic carbocycles. The molecule has 184 valence electrons. The molecule has 1 aliphatic rings. The molecule has 0 amide bonds. The van der Waals surface area contributed by atoms with E-state index in [0.717, 1.165) is 31.9 Å². The Morgan fingerprint density at radius 1 is 1.09 bits per heavy atom. The molecule has 0 atom stereocenters. The normalized spacial score (nSPS) is 15.5. The zero-order valence-electron chi connectivity index (χ0n) is 19.9. The number of piperidine rings is 1. The number of nitrogens with zero attached hydrogens (tertiary/aromatic N) is 9. The Balaban J connectivity index is 1.49. The Morgan fingerprint density at radius 3 is 2.51 bits per heavy atom. The molecule has 35 heavy (non-hydrogen) atoms. The molecule has 0 N–H and O–H groups in total. The molecular weight excluding hydrogens is 505 g/mol. The number of rotatable bonds is 7. The Kier molecular flexibility index (Phi) is 7.24. The smallest absolute Gasteiger partial charge is 0.215 e. The highest BCUT2D eigenvalue weighted by Crippen LogP contribution is 2.34. The van der Waals surface area contributed by atoms with E-state index < -0.39 is 0 Å². The van der Waals surface area contributed by atoms with Crippen LogP contribution in [0.2, 0.25) is 10.0 Å². The first-order chi connectivity index (χ1) is 16.9. The van der Waals surface area contributed by atoms with E-state index in [4.69, 9.17) is 33.2 Å². The number of aryl methyl sites for hydroxylation is 1. The van der Waals surface area contributed by atoms with Crippen molar-refractivity contribution in [3.8, 4) is 5.82 Å². The summed E-state index contributed by atoms with van der Waals surface area (Å²) in [5, 5.41) is 14.7. The second-order valence-corrected chi connectivity index (χ2v) is 11.0. The monoisotopic (exact) mass is 531 g/mol. The first-order valence-corrected chi connectivity index (χ1v) is 13.3. The third kappa shape index (κ3) is 5.30. The zero-order valence-corrected chi connectivity index (χ0v) is 22.2. The lowest BCUT2D eigenvalue weighted by Gasteiger charge is -2.28. The summed E-state index contributed by atoms with van der Waals surface area (Å²) in [6.07, 6.45) is 7.15. The van der Waals surface area contributed by atoms with Gasteiger partial charge in [0, 0.05) is 24.9 Å². The highest BCUT2D eigenvalue weighted by Gasteiger charge is 2.21.